The molecular weight excluding hydrogens is 394 g/mol. The lowest BCUT2D eigenvalue weighted by Crippen LogP contribution is -2.56. The number of rotatable bonds is 5. The van der Waals surface area contributed by atoms with Gasteiger partial charge in [-0.05, 0) is 117 Å². The maximum absolute atomic E-state index is 11.2. The van der Waals surface area contributed by atoms with Gasteiger partial charge in [0.1, 0.15) is 12.2 Å². The van der Waals surface area contributed by atoms with Crippen molar-refractivity contribution in [3.05, 3.63) is 12.2 Å². The molecule has 5 rings (SSSR count). The van der Waals surface area contributed by atoms with Crippen molar-refractivity contribution in [2.24, 2.45) is 46.3 Å². The van der Waals surface area contributed by atoms with E-state index in [4.69, 9.17) is 0 Å². The van der Waals surface area contributed by atoms with Gasteiger partial charge < -0.3 is 5.11 Å². The summed E-state index contributed by atoms with van der Waals surface area (Å²) in [5.41, 5.74) is 0.587. The van der Waals surface area contributed by atoms with Gasteiger partial charge in [-0.25, -0.2) is 4.98 Å². The molecule has 0 amide bonds. The Labute approximate surface area is 196 Å². The molecule has 9 atom stereocenters. The zero-order chi connectivity index (χ0) is 22.7. The number of aliphatic hydroxyl groups is 1. The summed E-state index contributed by atoms with van der Waals surface area (Å²) in [5, 5.41) is 15.7. The highest BCUT2D eigenvalue weighted by Gasteiger charge is 2.61. The molecule has 1 aromatic rings. The zero-order valence-corrected chi connectivity index (χ0v) is 21.3. The van der Waals surface area contributed by atoms with Crippen molar-refractivity contribution in [3.8, 4) is 0 Å². The second kappa shape index (κ2) is 8.10. The van der Waals surface area contributed by atoms with E-state index in [1.807, 2.05) is 0 Å². The first-order valence-corrected chi connectivity index (χ1v) is 13.8. The number of hydrogen-bond acceptors (Lipinski definition) is 3. The molecule has 0 radical (unpaired) electrons. The van der Waals surface area contributed by atoms with Gasteiger partial charge in [0, 0.05) is 6.54 Å². The van der Waals surface area contributed by atoms with Crippen LogP contribution < -0.4 is 0 Å². The lowest BCUT2D eigenvalue weighted by Gasteiger charge is -2.62. The summed E-state index contributed by atoms with van der Waals surface area (Å²) < 4.78 is 2.12. The summed E-state index contributed by atoms with van der Waals surface area (Å²) in [5.74, 6) is 5.96. The third kappa shape index (κ3) is 3.49. The number of hydrogen-bond donors (Lipinski definition) is 1. The second-order valence-electron chi connectivity index (χ2n) is 13.0. The van der Waals surface area contributed by atoms with Gasteiger partial charge in [-0.15, -0.1) is 0 Å². The average molecular weight is 442 g/mol. The Morgan fingerprint density at radius 1 is 1.06 bits per heavy atom. The molecule has 4 saturated carbocycles. The summed E-state index contributed by atoms with van der Waals surface area (Å²) >= 11 is 0. The molecule has 0 aliphatic heterocycles. The van der Waals surface area contributed by atoms with E-state index >= 15 is 0 Å². The lowest BCUT2D eigenvalue weighted by atomic mass is 9.43. The molecule has 0 saturated heterocycles. The van der Waals surface area contributed by atoms with E-state index in [0.717, 1.165) is 67.6 Å². The molecule has 1 aromatic heterocycles. The summed E-state index contributed by atoms with van der Waals surface area (Å²) in [6.07, 6.45) is 15.6. The number of fused-ring (bicyclic) bond motifs is 5. The smallest absolute Gasteiger partial charge is 0.138 e. The van der Waals surface area contributed by atoms with Gasteiger partial charge in [-0.2, -0.15) is 5.10 Å². The second-order valence-corrected chi connectivity index (χ2v) is 13.0. The third-order valence-electron chi connectivity index (χ3n) is 11.6. The number of nitrogens with zero attached hydrogens (tertiary/aromatic N) is 3. The Hall–Kier alpha value is -0.900. The van der Waals surface area contributed by atoms with Crippen molar-refractivity contribution >= 4 is 0 Å². The summed E-state index contributed by atoms with van der Waals surface area (Å²) in [6.45, 7) is 13.1. The van der Waals surface area contributed by atoms with Gasteiger partial charge in [-0.3, -0.25) is 4.68 Å². The van der Waals surface area contributed by atoms with E-state index < -0.39 is 0 Å². The predicted octanol–water partition coefficient (Wildman–Crippen LogP) is 6.41. The summed E-state index contributed by atoms with van der Waals surface area (Å²) in [4.78, 5) is 4.35. The Kier molecular flexibility index (Phi) is 5.79. The van der Waals surface area contributed by atoms with Crippen LogP contribution in [0.4, 0.5) is 0 Å². The molecule has 1 heterocycles. The van der Waals surface area contributed by atoms with E-state index in [1.54, 1.807) is 6.33 Å². The highest BCUT2D eigenvalue weighted by molar-refractivity contribution is 5.11. The summed E-state index contributed by atoms with van der Waals surface area (Å²) in [6, 6.07) is 0. The van der Waals surface area contributed by atoms with Gasteiger partial charge in [0.2, 0.25) is 0 Å². The topological polar surface area (TPSA) is 50.9 Å². The Morgan fingerprint density at radius 2 is 1.84 bits per heavy atom. The molecule has 4 nitrogen and oxygen atoms in total. The highest BCUT2D eigenvalue weighted by atomic mass is 16.3. The Bertz CT molecular complexity index is 821. The molecule has 1 unspecified atom stereocenters. The fourth-order valence-electron chi connectivity index (χ4n) is 9.89. The SMILES string of the molecule is CCC[C@@]1(O)CC[C@@]2(C)[C@H](CC[C@@H]3[C@@H]2CC[C@]2(C)[C@@H](C(C)Cn4ncnc4C)CC[C@@H]32)C1. The maximum Gasteiger partial charge on any atom is 0.138 e. The molecule has 4 heteroatoms. The van der Waals surface area contributed by atoms with Crippen LogP contribution in [0, 0.1) is 53.3 Å². The number of aryl methyl sites for hydroxylation is 1. The van der Waals surface area contributed by atoms with Crippen LogP contribution in [0.3, 0.4) is 0 Å². The Balaban J connectivity index is 1.32. The van der Waals surface area contributed by atoms with Crippen molar-refractivity contribution < 1.29 is 5.11 Å². The quantitative estimate of drug-likeness (QED) is 0.574. The maximum atomic E-state index is 11.2. The van der Waals surface area contributed by atoms with Crippen LogP contribution >= 0.6 is 0 Å². The molecule has 0 spiro atoms. The van der Waals surface area contributed by atoms with Crippen LogP contribution in [0.2, 0.25) is 0 Å². The van der Waals surface area contributed by atoms with Crippen LogP contribution in [0.15, 0.2) is 6.33 Å². The molecular formula is C28H47N3O. The van der Waals surface area contributed by atoms with Gasteiger partial charge in [0.05, 0.1) is 5.60 Å². The average Bonchev–Trinajstić information content (AvgIpc) is 3.31. The highest BCUT2D eigenvalue weighted by Crippen LogP contribution is 2.69. The Morgan fingerprint density at radius 3 is 2.56 bits per heavy atom. The van der Waals surface area contributed by atoms with E-state index in [9.17, 15) is 5.11 Å². The molecule has 4 fully saturated rings. The molecule has 4 aliphatic rings. The first kappa shape index (κ1) is 22.9. The van der Waals surface area contributed by atoms with Crippen LogP contribution in [0.1, 0.15) is 104 Å². The predicted molar refractivity (Wildman–Crippen MR) is 129 cm³/mol. The third-order valence-corrected chi connectivity index (χ3v) is 11.6. The first-order valence-electron chi connectivity index (χ1n) is 13.8. The van der Waals surface area contributed by atoms with Crippen molar-refractivity contribution in [1.82, 2.24) is 14.8 Å². The molecule has 0 bridgehead atoms. The first-order chi connectivity index (χ1) is 15.2. The van der Waals surface area contributed by atoms with Gasteiger partial charge in [-0.1, -0.05) is 34.1 Å². The van der Waals surface area contributed by atoms with E-state index in [2.05, 4.69) is 49.4 Å². The normalized spacial score (nSPS) is 46.9. The molecule has 4 aliphatic carbocycles. The van der Waals surface area contributed by atoms with Crippen LogP contribution in [-0.4, -0.2) is 25.5 Å². The van der Waals surface area contributed by atoms with E-state index in [-0.39, 0.29) is 5.60 Å². The molecule has 1 N–H and O–H groups in total. The van der Waals surface area contributed by atoms with Crippen molar-refractivity contribution in [2.45, 2.75) is 117 Å². The van der Waals surface area contributed by atoms with Crippen molar-refractivity contribution in [3.63, 3.8) is 0 Å². The summed E-state index contributed by atoms with van der Waals surface area (Å²) in [7, 11) is 0. The van der Waals surface area contributed by atoms with E-state index in [1.165, 1.54) is 44.9 Å². The fourth-order valence-corrected chi connectivity index (χ4v) is 9.89. The minimum atomic E-state index is -0.373. The fraction of sp³-hybridized carbons (Fsp3) is 0.929. The molecule has 180 valence electrons. The van der Waals surface area contributed by atoms with E-state index in [0.29, 0.717) is 16.7 Å². The molecule has 0 aromatic carbocycles. The zero-order valence-electron chi connectivity index (χ0n) is 21.3. The standard InChI is InChI=1S/C28H47N3O/c1-6-12-28(32)15-14-26(4)21(16-28)7-8-22-24-10-9-23(27(24,5)13-11-25(22)26)19(2)17-31-20(3)29-18-30-31/h18-19,21-25,32H,6-17H2,1-5H3/t19?,21-,22+,23-,24+,25+,26+,27-,28-/m1/s1. The van der Waals surface area contributed by atoms with Crippen molar-refractivity contribution in [1.29, 1.82) is 0 Å². The van der Waals surface area contributed by atoms with Crippen molar-refractivity contribution in [2.75, 3.05) is 0 Å². The van der Waals surface area contributed by atoms with Gasteiger partial charge in [0.15, 0.2) is 0 Å². The minimum absolute atomic E-state index is 0.373. The largest absolute Gasteiger partial charge is 0.390 e. The van der Waals surface area contributed by atoms with Crippen LogP contribution in [0.5, 0.6) is 0 Å². The molecule has 32 heavy (non-hydrogen) atoms. The lowest BCUT2D eigenvalue weighted by molar-refractivity contribution is -0.153. The van der Waals surface area contributed by atoms with Crippen LogP contribution in [0.25, 0.3) is 0 Å². The minimum Gasteiger partial charge on any atom is -0.390 e. The number of aromatic nitrogens is 3. The van der Waals surface area contributed by atoms with Gasteiger partial charge >= 0.3 is 0 Å². The van der Waals surface area contributed by atoms with Gasteiger partial charge in [0.25, 0.3) is 0 Å². The van der Waals surface area contributed by atoms with Crippen LogP contribution in [-0.2, 0) is 6.54 Å². The monoisotopic (exact) mass is 441 g/mol.